The van der Waals surface area contributed by atoms with E-state index in [0.717, 1.165) is 0 Å². The highest BCUT2D eigenvalue weighted by Gasteiger charge is 2.06. The van der Waals surface area contributed by atoms with Crippen molar-refractivity contribution in [1.82, 2.24) is 4.98 Å². The summed E-state index contributed by atoms with van der Waals surface area (Å²) >= 11 is 0. The van der Waals surface area contributed by atoms with Gasteiger partial charge in [0, 0.05) is 17.8 Å². The molecular formula is C13H12FNO2. The third-order valence-electron chi connectivity index (χ3n) is 2.41. The van der Waals surface area contributed by atoms with E-state index in [1.54, 1.807) is 37.6 Å². The van der Waals surface area contributed by atoms with Gasteiger partial charge in [-0.05, 0) is 24.3 Å². The number of pyridine rings is 1. The van der Waals surface area contributed by atoms with Crippen molar-refractivity contribution in [2.75, 3.05) is 14.2 Å². The van der Waals surface area contributed by atoms with Crippen molar-refractivity contribution >= 4 is 0 Å². The molecule has 17 heavy (non-hydrogen) atoms. The molecule has 2 aromatic rings. The maximum absolute atomic E-state index is 13.5. The summed E-state index contributed by atoms with van der Waals surface area (Å²) in [5.74, 6) is 0.498. The van der Waals surface area contributed by atoms with Crippen molar-refractivity contribution in [1.29, 1.82) is 0 Å². The molecule has 0 unspecified atom stereocenters. The van der Waals surface area contributed by atoms with Crippen LogP contribution >= 0.6 is 0 Å². The molecule has 0 saturated carbocycles. The summed E-state index contributed by atoms with van der Waals surface area (Å²) in [6.45, 7) is 0. The Hall–Kier alpha value is -2.10. The van der Waals surface area contributed by atoms with E-state index < -0.39 is 5.82 Å². The van der Waals surface area contributed by atoms with Crippen molar-refractivity contribution in [2.24, 2.45) is 0 Å². The standard InChI is InChI=1S/C13H12FNO2/c1-16-10-5-6-15-12(8-10)9-3-4-13(17-2)11(14)7-9/h3-8H,1-2H3. The fourth-order valence-corrected chi connectivity index (χ4v) is 1.52. The third kappa shape index (κ3) is 2.36. The van der Waals surface area contributed by atoms with E-state index in [1.807, 2.05) is 0 Å². The van der Waals surface area contributed by atoms with Gasteiger partial charge in [-0.25, -0.2) is 4.39 Å². The normalized spacial score (nSPS) is 10.1. The number of halogens is 1. The molecule has 1 aromatic carbocycles. The van der Waals surface area contributed by atoms with Crippen LogP contribution in [-0.2, 0) is 0 Å². The first kappa shape index (κ1) is 11.4. The van der Waals surface area contributed by atoms with Gasteiger partial charge in [0.1, 0.15) is 5.75 Å². The monoisotopic (exact) mass is 233 g/mol. The molecule has 88 valence electrons. The second-order valence-corrected chi connectivity index (χ2v) is 3.43. The van der Waals surface area contributed by atoms with Gasteiger partial charge in [-0.3, -0.25) is 4.98 Å². The first-order valence-electron chi connectivity index (χ1n) is 5.08. The molecule has 1 aromatic heterocycles. The molecule has 0 bridgehead atoms. The quantitative estimate of drug-likeness (QED) is 0.816. The molecule has 0 radical (unpaired) electrons. The Morgan fingerprint density at radius 1 is 1.06 bits per heavy atom. The Labute approximate surface area is 98.8 Å². The summed E-state index contributed by atoms with van der Waals surface area (Å²) in [5, 5.41) is 0. The summed E-state index contributed by atoms with van der Waals surface area (Å²) < 4.78 is 23.5. The van der Waals surface area contributed by atoms with Crippen molar-refractivity contribution in [3.05, 3.63) is 42.3 Å². The van der Waals surface area contributed by atoms with Crippen LogP contribution in [0.5, 0.6) is 11.5 Å². The Morgan fingerprint density at radius 2 is 1.88 bits per heavy atom. The van der Waals surface area contributed by atoms with E-state index in [-0.39, 0.29) is 5.75 Å². The number of rotatable bonds is 3. The lowest BCUT2D eigenvalue weighted by molar-refractivity contribution is 0.386. The molecule has 0 N–H and O–H groups in total. The highest BCUT2D eigenvalue weighted by molar-refractivity contribution is 5.61. The average molecular weight is 233 g/mol. The Bertz CT molecular complexity index is 529. The SMILES string of the molecule is COc1ccnc(-c2ccc(OC)c(F)c2)c1. The van der Waals surface area contributed by atoms with E-state index >= 15 is 0 Å². The number of benzene rings is 1. The molecule has 1 heterocycles. The fourth-order valence-electron chi connectivity index (χ4n) is 1.52. The number of hydrogen-bond donors (Lipinski definition) is 0. The molecule has 0 spiro atoms. The number of ether oxygens (including phenoxy) is 2. The number of aromatic nitrogens is 1. The number of nitrogens with zero attached hydrogens (tertiary/aromatic N) is 1. The summed E-state index contributed by atoms with van der Waals surface area (Å²) in [4.78, 5) is 4.17. The Balaban J connectivity index is 2.42. The van der Waals surface area contributed by atoms with Crippen LogP contribution in [-0.4, -0.2) is 19.2 Å². The van der Waals surface area contributed by atoms with Crippen molar-refractivity contribution in [3.8, 4) is 22.8 Å². The van der Waals surface area contributed by atoms with Gasteiger partial charge in [0.05, 0.1) is 19.9 Å². The number of methoxy groups -OCH3 is 2. The van der Waals surface area contributed by atoms with Crippen molar-refractivity contribution < 1.29 is 13.9 Å². The predicted molar refractivity (Wildman–Crippen MR) is 62.7 cm³/mol. The largest absolute Gasteiger partial charge is 0.497 e. The molecular weight excluding hydrogens is 221 g/mol. The Morgan fingerprint density at radius 3 is 2.53 bits per heavy atom. The molecule has 0 aliphatic heterocycles. The van der Waals surface area contributed by atoms with E-state index in [2.05, 4.69) is 4.98 Å². The van der Waals surface area contributed by atoms with Gasteiger partial charge >= 0.3 is 0 Å². The lowest BCUT2D eigenvalue weighted by Crippen LogP contribution is -1.90. The summed E-state index contributed by atoms with van der Waals surface area (Å²) in [6.07, 6.45) is 1.62. The summed E-state index contributed by atoms with van der Waals surface area (Å²) in [5.41, 5.74) is 1.34. The minimum absolute atomic E-state index is 0.219. The first-order chi connectivity index (χ1) is 8.24. The van der Waals surface area contributed by atoms with Crippen LogP contribution in [0.2, 0.25) is 0 Å². The fraction of sp³-hybridized carbons (Fsp3) is 0.154. The molecule has 3 nitrogen and oxygen atoms in total. The third-order valence-corrected chi connectivity index (χ3v) is 2.41. The molecule has 0 atom stereocenters. The summed E-state index contributed by atoms with van der Waals surface area (Å²) in [6, 6.07) is 8.21. The molecule has 2 rings (SSSR count). The zero-order valence-corrected chi connectivity index (χ0v) is 9.61. The molecule has 0 amide bonds. The van der Waals surface area contributed by atoms with E-state index in [9.17, 15) is 4.39 Å². The molecule has 4 heteroatoms. The van der Waals surface area contributed by atoms with Gasteiger partial charge in [0.25, 0.3) is 0 Å². The minimum Gasteiger partial charge on any atom is -0.497 e. The summed E-state index contributed by atoms with van der Waals surface area (Å²) in [7, 11) is 3.01. The maximum atomic E-state index is 13.5. The van der Waals surface area contributed by atoms with Crippen LogP contribution < -0.4 is 9.47 Å². The second kappa shape index (κ2) is 4.82. The molecule has 0 fully saturated rings. The molecule has 0 saturated heterocycles. The predicted octanol–water partition coefficient (Wildman–Crippen LogP) is 2.90. The van der Waals surface area contributed by atoms with Gasteiger partial charge in [-0.15, -0.1) is 0 Å². The zero-order chi connectivity index (χ0) is 12.3. The first-order valence-corrected chi connectivity index (χ1v) is 5.08. The zero-order valence-electron chi connectivity index (χ0n) is 9.61. The van der Waals surface area contributed by atoms with Crippen LogP contribution in [0.15, 0.2) is 36.5 Å². The highest BCUT2D eigenvalue weighted by atomic mass is 19.1. The minimum atomic E-state index is -0.408. The van der Waals surface area contributed by atoms with Crippen LogP contribution in [0, 0.1) is 5.82 Å². The van der Waals surface area contributed by atoms with Crippen molar-refractivity contribution in [3.63, 3.8) is 0 Å². The van der Waals surface area contributed by atoms with Gasteiger partial charge in [0.2, 0.25) is 0 Å². The van der Waals surface area contributed by atoms with Crippen LogP contribution in [0.1, 0.15) is 0 Å². The van der Waals surface area contributed by atoms with Gasteiger partial charge in [-0.2, -0.15) is 0 Å². The second-order valence-electron chi connectivity index (χ2n) is 3.43. The van der Waals surface area contributed by atoms with E-state index in [1.165, 1.54) is 13.2 Å². The van der Waals surface area contributed by atoms with Crippen LogP contribution in [0.3, 0.4) is 0 Å². The van der Waals surface area contributed by atoms with E-state index in [0.29, 0.717) is 17.0 Å². The van der Waals surface area contributed by atoms with Gasteiger partial charge < -0.3 is 9.47 Å². The van der Waals surface area contributed by atoms with Crippen molar-refractivity contribution in [2.45, 2.75) is 0 Å². The van der Waals surface area contributed by atoms with Crippen LogP contribution in [0.4, 0.5) is 4.39 Å². The maximum Gasteiger partial charge on any atom is 0.165 e. The molecule has 0 aliphatic carbocycles. The Kier molecular flexibility index (Phi) is 3.23. The lowest BCUT2D eigenvalue weighted by Gasteiger charge is -2.06. The number of hydrogen-bond acceptors (Lipinski definition) is 3. The van der Waals surface area contributed by atoms with Gasteiger partial charge in [0.15, 0.2) is 11.6 Å². The molecule has 0 aliphatic rings. The highest BCUT2D eigenvalue weighted by Crippen LogP contribution is 2.25. The van der Waals surface area contributed by atoms with Crippen LogP contribution in [0.25, 0.3) is 11.3 Å². The van der Waals surface area contributed by atoms with E-state index in [4.69, 9.17) is 9.47 Å². The average Bonchev–Trinajstić information content (AvgIpc) is 2.38. The topological polar surface area (TPSA) is 31.4 Å². The van der Waals surface area contributed by atoms with Gasteiger partial charge in [-0.1, -0.05) is 0 Å². The lowest BCUT2D eigenvalue weighted by atomic mass is 10.1. The smallest absolute Gasteiger partial charge is 0.165 e.